The second kappa shape index (κ2) is 6.00. The lowest BCUT2D eigenvalue weighted by molar-refractivity contribution is 0.138. The van der Waals surface area contributed by atoms with Gasteiger partial charge >= 0.3 is 0 Å². The number of hydrogen-bond donors (Lipinski definition) is 1. The fourth-order valence-corrected chi connectivity index (χ4v) is 3.16. The van der Waals surface area contributed by atoms with Crippen molar-refractivity contribution in [2.45, 2.75) is 25.4 Å². The van der Waals surface area contributed by atoms with Crippen LogP contribution in [0, 0.1) is 0 Å². The molecule has 0 spiro atoms. The van der Waals surface area contributed by atoms with Crippen molar-refractivity contribution in [3.63, 3.8) is 0 Å². The lowest BCUT2D eigenvalue weighted by atomic mass is 10.0. The third kappa shape index (κ3) is 3.17. The van der Waals surface area contributed by atoms with Crippen LogP contribution in [0.3, 0.4) is 0 Å². The van der Waals surface area contributed by atoms with Crippen LogP contribution in [0.15, 0.2) is 30.3 Å². The molecule has 21 heavy (non-hydrogen) atoms. The monoisotopic (exact) mass is 284 g/mol. The zero-order valence-corrected chi connectivity index (χ0v) is 12.9. The molecule has 0 saturated carbocycles. The molecule has 1 saturated heterocycles. The quantitative estimate of drug-likeness (QED) is 0.939. The normalized spacial score (nSPS) is 17.7. The van der Waals surface area contributed by atoms with Crippen molar-refractivity contribution in [3.05, 3.63) is 36.0 Å². The average Bonchev–Trinajstić information content (AvgIpc) is 2.48. The molecule has 3 rings (SSSR count). The molecule has 1 aromatic heterocycles. The Bertz CT molecular complexity index is 617. The summed E-state index contributed by atoms with van der Waals surface area (Å²) in [7, 11) is 4.39. The van der Waals surface area contributed by atoms with Gasteiger partial charge in [-0.1, -0.05) is 18.2 Å². The smallest absolute Gasteiger partial charge is 0.0726 e. The minimum Gasteiger partial charge on any atom is -0.398 e. The molecule has 1 aromatic carbocycles. The second-order valence-electron chi connectivity index (χ2n) is 6.17. The molecular weight excluding hydrogens is 260 g/mol. The van der Waals surface area contributed by atoms with Crippen LogP contribution in [0.25, 0.3) is 10.9 Å². The standard InChI is InChI=1S/C17H24N4/c1-20-9-7-14(8-10-20)21(2)12-13-11-16(18)15-5-3-4-6-17(15)19-13/h3-6,11,14H,7-10,12H2,1-2H3,(H2,18,19). The Kier molecular flexibility index (Phi) is 4.08. The summed E-state index contributed by atoms with van der Waals surface area (Å²) in [4.78, 5) is 9.57. The van der Waals surface area contributed by atoms with E-state index in [1.807, 2.05) is 30.3 Å². The van der Waals surface area contributed by atoms with Gasteiger partial charge in [-0.05, 0) is 52.2 Å². The van der Waals surface area contributed by atoms with Crippen LogP contribution < -0.4 is 5.73 Å². The Morgan fingerprint density at radius 3 is 2.76 bits per heavy atom. The molecule has 4 heteroatoms. The highest BCUT2D eigenvalue weighted by molar-refractivity contribution is 5.90. The first-order valence-electron chi connectivity index (χ1n) is 7.66. The van der Waals surface area contributed by atoms with Crippen LogP contribution in [0.2, 0.25) is 0 Å². The van der Waals surface area contributed by atoms with E-state index in [4.69, 9.17) is 10.7 Å². The summed E-state index contributed by atoms with van der Waals surface area (Å²) >= 11 is 0. The Morgan fingerprint density at radius 2 is 2.00 bits per heavy atom. The van der Waals surface area contributed by atoms with Crippen molar-refractivity contribution in [3.8, 4) is 0 Å². The molecule has 0 unspecified atom stereocenters. The molecular formula is C17H24N4. The number of nitrogens with zero attached hydrogens (tertiary/aromatic N) is 3. The summed E-state index contributed by atoms with van der Waals surface area (Å²) in [5.74, 6) is 0. The van der Waals surface area contributed by atoms with E-state index in [1.54, 1.807) is 0 Å². The molecule has 4 nitrogen and oxygen atoms in total. The summed E-state index contributed by atoms with van der Waals surface area (Å²) in [6.07, 6.45) is 2.46. The van der Waals surface area contributed by atoms with Crippen molar-refractivity contribution < 1.29 is 0 Å². The number of anilines is 1. The van der Waals surface area contributed by atoms with Gasteiger partial charge in [0.25, 0.3) is 0 Å². The van der Waals surface area contributed by atoms with Gasteiger partial charge in [0.1, 0.15) is 0 Å². The van der Waals surface area contributed by atoms with Gasteiger partial charge in [0.05, 0.1) is 11.2 Å². The highest BCUT2D eigenvalue weighted by Crippen LogP contribution is 2.22. The molecule has 2 heterocycles. The molecule has 0 bridgehead atoms. The Morgan fingerprint density at radius 1 is 1.29 bits per heavy atom. The van der Waals surface area contributed by atoms with Crippen LogP contribution in [0.4, 0.5) is 5.69 Å². The number of nitrogens with two attached hydrogens (primary N) is 1. The summed E-state index contributed by atoms with van der Waals surface area (Å²) in [5.41, 5.74) is 9.04. The number of fused-ring (bicyclic) bond motifs is 1. The number of nitrogen functional groups attached to an aromatic ring is 1. The highest BCUT2D eigenvalue weighted by Gasteiger charge is 2.20. The SMILES string of the molecule is CN1CCC(N(C)Cc2cc(N)c3ccccc3n2)CC1. The zero-order valence-electron chi connectivity index (χ0n) is 12.9. The van der Waals surface area contributed by atoms with Crippen LogP contribution in [0.5, 0.6) is 0 Å². The van der Waals surface area contributed by atoms with Crippen LogP contribution in [-0.4, -0.2) is 48.0 Å². The maximum absolute atomic E-state index is 6.16. The van der Waals surface area contributed by atoms with Gasteiger partial charge in [-0.3, -0.25) is 9.88 Å². The van der Waals surface area contributed by atoms with Gasteiger partial charge in [-0.2, -0.15) is 0 Å². The maximum atomic E-state index is 6.16. The van der Waals surface area contributed by atoms with Crippen molar-refractivity contribution in [2.75, 3.05) is 32.9 Å². The number of para-hydroxylation sites is 1. The van der Waals surface area contributed by atoms with Gasteiger partial charge in [0, 0.05) is 23.7 Å². The third-order valence-electron chi connectivity index (χ3n) is 4.52. The van der Waals surface area contributed by atoms with Crippen LogP contribution in [0.1, 0.15) is 18.5 Å². The van der Waals surface area contributed by atoms with Gasteiger partial charge in [0.15, 0.2) is 0 Å². The Hall–Kier alpha value is -1.65. The number of pyridine rings is 1. The minimum absolute atomic E-state index is 0.649. The third-order valence-corrected chi connectivity index (χ3v) is 4.52. The number of rotatable bonds is 3. The number of likely N-dealkylation sites (tertiary alicyclic amines) is 1. The first kappa shape index (κ1) is 14.3. The number of aromatic nitrogens is 1. The minimum atomic E-state index is 0.649. The molecule has 0 radical (unpaired) electrons. The van der Waals surface area contributed by atoms with E-state index in [0.717, 1.165) is 28.8 Å². The van der Waals surface area contributed by atoms with E-state index in [-0.39, 0.29) is 0 Å². The van der Waals surface area contributed by atoms with E-state index in [9.17, 15) is 0 Å². The Balaban J connectivity index is 1.75. The lowest BCUT2D eigenvalue weighted by Gasteiger charge is -2.35. The first-order valence-corrected chi connectivity index (χ1v) is 7.66. The van der Waals surface area contributed by atoms with Crippen molar-refractivity contribution in [1.82, 2.24) is 14.8 Å². The van der Waals surface area contributed by atoms with Crippen molar-refractivity contribution in [1.29, 1.82) is 0 Å². The van der Waals surface area contributed by atoms with Gasteiger partial charge < -0.3 is 10.6 Å². The molecule has 1 aliphatic heterocycles. The van der Waals surface area contributed by atoms with E-state index in [0.29, 0.717) is 6.04 Å². The number of hydrogen-bond acceptors (Lipinski definition) is 4. The molecule has 2 N–H and O–H groups in total. The molecule has 0 atom stereocenters. The van der Waals surface area contributed by atoms with Crippen LogP contribution >= 0.6 is 0 Å². The van der Waals surface area contributed by atoms with E-state index in [1.165, 1.54) is 25.9 Å². The molecule has 1 aliphatic rings. The van der Waals surface area contributed by atoms with Crippen molar-refractivity contribution >= 4 is 16.6 Å². The van der Waals surface area contributed by atoms with E-state index in [2.05, 4.69) is 23.9 Å². The maximum Gasteiger partial charge on any atom is 0.0726 e. The summed E-state index contributed by atoms with van der Waals surface area (Å²) < 4.78 is 0. The van der Waals surface area contributed by atoms with Gasteiger partial charge in [-0.15, -0.1) is 0 Å². The zero-order chi connectivity index (χ0) is 14.8. The van der Waals surface area contributed by atoms with Gasteiger partial charge in [-0.25, -0.2) is 0 Å². The van der Waals surface area contributed by atoms with E-state index < -0.39 is 0 Å². The summed E-state index contributed by atoms with van der Waals surface area (Å²) in [6.45, 7) is 3.23. The highest BCUT2D eigenvalue weighted by atomic mass is 15.2. The summed E-state index contributed by atoms with van der Waals surface area (Å²) in [5, 5.41) is 1.04. The molecule has 112 valence electrons. The van der Waals surface area contributed by atoms with Crippen LogP contribution in [-0.2, 0) is 6.54 Å². The van der Waals surface area contributed by atoms with Crippen molar-refractivity contribution in [2.24, 2.45) is 0 Å². The molecule has 0 aliphatic carbocycles. The largest absolute Gasteiger partial charge is 0.398 e. The summed E-state index contributed by atoms with van der Waals surface area (Å²) in [6, 6.07) is 10.8. The fourth-order valence-electron chi connectivity index (χ4n) is 3.16. The van der Waals surface area contributed by atoms with E-state index >= 15 is 0 Å². The molecule has 1 fully saturated rings. The number of piperidine rings is 1. The first-order chi connectivity index (χ1) is 10.1. The van der Waals surface area contributed by atoms with Gasteiger partial charge in [0.2, 0.25) is 0 Å². The molecule has 0 amide bonds. The molecule has 2 aromatic rings. The predicted octanol–water partition coefficient (Wildman–Crippen LogP) is 2.34. The Labute approximate surface area is 126 Å². The average molecular weight is 284 g/mol. The topological polar surface area (TPSA) is 45.4 Å². The fraction of sp³-hybridized carbons (Fsp3) is 0.471. The predicted molar refractivity (Wildman–Crippen MR) is 88.1 cm³/mol. The number of benzene rings is 1. The second-order valence-corrected chi connectivity index (χ2v) is 6.17. The lowest BCUT2D eigenvalue weighted by Crippen LogP contribution is -2.41.